The first kappa shape index (κ1) is 16.8. The molecule has 0 aliphatic rings. The number of benzene rings is 1. The van der Waals surface area contributed by atoms with E-state index in [9.17, 15) is 4.79 Å². The second kappa shape index (κ2) is 8.82. The van der Waals surface area contributed by atoms with Crippen molar-refractivity contribution >= 4 is 23.2 Å². The molecule has 1 amide bonds. The molecule has 5 heteroatoms. The number of hydrogen-bond donors (Lipinski definition) is 2. The molecule has 0 aliphatic carbocycles. The van der Waals surface area contributed by atoms with Gasteiger partial charge in [-0.25, -0.2) is 0 Å². The summed E-state index contributed by atoms with van der Waals surface area (Å²) in [7, 11) is 0. The molecule has 0 bridgehead atoms. The highest BCUT2D eigenvalue weighted by molar-refractivity contribution is 6.32. The Morgan fingerprint density at radius 1 is 1.40 bits per heavy atom. The molecule has 1 aromatic rings. The van der Waals surface area contributed by atoms with Crippen LogP contribution in [0.1, 0.15) is 33.6 Å². The van der Waals surface area contributed by atoms with Crippen molar-refractivity contribution < 1.29 is 9.53 Å². The van der Waals surface area contributed by atoms with Crippen LogP contribution in [0.3, 0.4) is 0 Å². The predicted molar refractivity (Wildman–Crippen MR) is 83.6 cm³/mol. The maximum Gasteiger partial charge on any atom is 0.225 e. The van der Waals surface area contributed by atoms with E-state index >= 15 is 0 Å². The fraction of sp³-hybridized carbons (Fsp3) is 0.533. The van der Waals surface area contributed by atoms with E-state index in [0.717, 1.165) is 13.0 Å². The van der Waals surface area contributed by atoms with Gasteiger partial charge in [0.15, 0.2) is 0 Å². The number of ether oxygens (including phenoxy) is 1. The zero-order valence-electron chi connectivity index (χ0n) is 12.3. The summed E-state index contributed by atoms with van der Waals surface area (Å²) < 4.78 is 5.49. The Kier molecular flexibility index (Phi) is 7.41. The van der Waals surface area contributed by atoms with E-state index in [1.165, 1.54) is 0 Å². The minimum Gasteiger partial charge on any atom is -0.492 e. The fourth-order valence-electron chi connectivity index (χ4n) is 1.82. The minimum atomic E-state index is -0.0308. The normalized spacial score (nSPS) is 12.0. The van der Waals surface area contributed by atoms with E-state index < -0.39 is 0 Å². The number of carbonyl (C=O) groups excluding carboxylic acids is 1. The molecule has 0 heterocycles. The van der Waals surface area contributed by atoms with Gasteiger partial charge in [-0.3, -0.25) is 4.79 Å². The Bertz CT molecular complexity index is 438. The Balaban J connectivity index is 2.55. The van der Waals surface area contributed by atoms with Gasteiger partial charge in [-0.15, -0.1) is 0 Å². The summed E-state index contributed by atoms with van der Waals surface area (Å²) in [5.41, 5.74) is 0.688. The van der Waals surface area contributed by atoms with Gasteiger partial charge in [0.25, 0.3) is 0 Å². The zero-order chi connectivity index (χ0) is 15.0. The number of halogens is 1. The van der Waals surface area contributed by atoms with Crippen molar-refractivity contribution in [3.05, 3.63) is 23.2 Å². The first-order chi connectivity index (χ1) is 9.56. The summed E-state index contributed by atoms with van der Waals surface area (Å²) >= 11 is 6.12. The molecular weight excluding hydrogens is 276 g/mol. The molecule has 2 N–H and O–H groups in total. The van der Waals surface area contributed by atoms with Crippen LogP contribution in [0.25, 0.3) is 0 Å². The molecule has 1 unspecified atom stereocenters. The van der Waals surface area contributed by atoms with Crippen LogP contribution in [-0.4, -0.2) is 25.1 Å². The summed E-state index contributed by atoms with van der Waals surface area (Å²) in [6.45, 7) is 7.52. The monoisotopic (exact) mass is 298 g/mol. The lowest BCUT2D eigenvalue weighted by atomic mass is 10.2. The number of amides is 1. The van der Waals surface area contributed by atoms with Crippen molar-refractivity contribution in [1.82, 2.24) is 5.32 Å². The smallest absolute Gasteiger partial charge is 0.225 e. The van der Waals surface area contributed by atoms with Crippen molar-refractivity contribution in [3.8, 4) is 5.75 Å². The molecule has 0 saturated carbocycles. The van der Waals surface area contributed by atoms with Crippen LogP contribution in [-0.2, 0) is 4.79 Å². The van der Waals surface area contributed by atoms with Crippen molar-refractivity contribution in [2.45, 2.75) is 39.7 Å². The fourth-order valence-corrected chi connectivity index (χ4v) is 2.05. The van der Waals surface area contributed by atoms with E-state index in [1.54, 1.807) is 18.2 Å². The predicted octanol–water partition coefficient (Wildman–Crippen LogP) is 3.46. The molecule has 0 radical (unpaired) electrons. The van der Waals surface area contributed by atoms with E-state index in [4.69, 9.17) is 16.3 Å². The molecular formula is C15H23ClN2O2. The SMILES string of the molecule is CCCOc1ccc(NC(=O)CC(C)NCC)cc1Cl. The second-order valence-corrected chi connectivity index (χ2v) is 5.11. The molecule has 20 heavy (non-hydrogen) atoms. The standard InChI is InChI=1S/C15H23ClN2O2/c1-4-8-20-14-7-6-12(10-13(14)16)18-15(19)9-11(3)17-5-2/h6-7,10-11,17H,4-5,8-9H2,1-3H3,(H,18,19). The summed E-state index contributed by atoms with van der Waals surface area (Å²) in [5, 5.41) is 6.55. The van der Waals surface area contributed by atoms with Gasteiger partial charge in [0, 0.05) is 18.2 Å². The van der Waals surface area contributed by atoms with Gasteiger partial charge in [0.05, 0.1) is 11.6 Å². The van der Waals surface area contributed by atoms with Crippen LogP contribution < -0.4 is 15.4 Å². The largest absolute Gasteiger partial charge is 0.492 e. The van der Waals surface area contributed by atoms with Gasteiger partial charge in [0.1, 0.15) is 5.75 Å². The Hall–Kier alpha value is -1.26. The summed E-state index contributed by atoms with van der Waals surface area (Å²) in [6.07, 6.45) is 1.36. The van der Waals surface area contributed by atoms with Gasteiger partial charge in [0.2, 0.25) is 5.91 Å². The molecule has 1 rings (SSSR count). The molecule has 0 spiro atoms. The third-order valence-corrected chi connectivity index (χ3v) is 3.02. The Labute approximate surface area is 125 Å². The topological polar surface area (TPSA) is 50.4 Å². The number of nitrogens with one attached hydrogen (secondary N) is 2. The minimum absolute atomic E-state index is 0.0308. The average molecular weight is 299 g/mol. The summed E-state index contributed by atoms with van der Waals surface area (Å²) in [4.78, 5) is 11.8. The Morgan fingerprint density at radius 3 is 2.75 bits per heavy atom. The molecule has 0 fully saturated rings. The van der Waals surface area contributed by atoms with Crippen LogP contribution >= 0.6 is 11.6 Å². The average Bonchev–Trinajstić information content (AvgIpc) is 2.37. The summed E-state index contributed by atoms with van der Waals surface area (Å²) in [6, 6.07) is 5.44. The van der Waals surface area contributed by atoms with E-state index in [1.807, 2.05) is 20.8 Å². The van der Waals surface area contributed by atoms with E-state index in [2.05, 4.69) is 10.6 Å². The number of hydrogen-bond acceptors (Lipinski definition) is 3. The lowest BCUT2D eigenvalue weighted by Crippen LogP contribution is -2.30. The van der Waals surface area contributed by atoms with E-state index in [0.29, 0.717) is 29.5 Å². The van der Waals surface area contributed by atoms with Gasteiger partial charge in [-0.2, -0.15) is 0 Å². The highest BCUT2D eigenvalue weighted by Gasteiger charge is 2.09. The molecule has 1 aromatic carbocycles. The van der Waals surface area contributed by atoms with Gasteiger partial charge in [-0.1, -0.05) is 25.4 Å². The molecule has 112 valence electrons. The number of rotatable bonds is 8. The first-order valence-corrected chi connectivity index (χ1v) is 7.40. The van der Waals surface area contributed by atoms with E-state index in [-0.39, 0.29) is 11.9 Å². The van der Waals surface area contributed by atoms with Gasteiger partial charge < -0.3 is 15.4 Å². The van der Waals surface area contributed by atoms with Crippen LogP contribution in [0.4, 0.5) is 5.69 Å². The third kappa shape index (κ3) is 5.80. The van der Waals surface area contributed by atoms with Gasteiger partial charge in [-0.05, 0) is 38.1 Å². The first-order valence-electron chi connectivity index (χ1n) is 7.02. The van der Waals surface area contributed by atoms with Crippen molar-refractivity contribution in [1.29, 1.82) is 0 Å². The third-order valence-electron chi connectivity index (χ3n) is 2.72. The van der Waals surface area contributed by atoms with Crippen molar-refractivity contribution in [3.63, 3.8) is 0 Å². The lowest BCUT2D eigenvalue weighted by Gasteiger charge is -2.13. The van der Waals surface area contributed by atoms with Crippen molar-refractivity contribution in [2.24, 2.45) is 0 Å². The highest BCUT2D eigenvalue weighted by atomic mass is 35.5. The van der Waals surface area contributed by atoms with Crippen LogP contribution in [0, 0.1) is 0 Å². The molecule has 0 saturated heterocycles. The molecule has 1 atom stereocenters. The van der Waals surface area contributed by atoms with Gasteiger partial charge >= 0.3 is 0 Å². The zero-order valence-corrected chi connectivity index (χ0v) is 13.1. The molecule has 0 aromatic heterocycles. The maximum absolute atomic E-state index is 11.8. The lowest BCUT2D eigenvalue weighted by molar-refractivity contribution is -0.116. The van der Waals surface area contributed by atoms with Crippen LogP contribution in [0.5, 0.6) is 5.75 Å². The quantitative estimate of drug-likeness (QED) is 0.773. The highest BCUT2D eigenvalue weighted by Crippen LogP contribution is 2.27. The second-order valence-electron chi connectivity index (χ2n) is 4.70. The summed E-state index contributed by atoms with van der Waals surface area (Å²) in [5.74, 6) is 0.615. The van der Waals surface area contributed by atoms with Crippen molar-refractivity contribution in [2.75, 3.05) is 18.5 Å². The molecule has 4 nitrogen and oxygen atoms in total. The Morgan fingerprint density at radius 2 is 2.15 bits per heavy atom. The molecule has 0 aliphatic heterocycles. The maximum atomic E-state index is 11.8. The number of anilines is 1. The van der Waals surface area contributed by atoms with Crippen LogP contribution in [0.15, 0.2) is 18.2 Å². The van der Waals surface area contributed by atoms with Crippen LogP contribution in [0.2, 0.25) is 5.02 Å². The number of carbonyl (C=O) groups is 1.